The molecule has 0 aliphatic heterocycles. The first-order valence-electron chi connectivity index (χ1n) is 8.33. The van der Waals surface area contributed by atoms with Gasteiger partial charge in [0, 0.05) is 21.2 Å². The van der Waals surface area contributed by atoms with Gasteiger partial charge in [0.2, 0.25) is 0 Å². The Labute approximate surface area is 175 Å². The molecule has 25 heavy (non-hydrogen) atoms. The van der Waals surface area contributed by atoms with Crippen LogP contribution in [0.3, 0.4) is 0 Å². The Hall–Kier alpha value is -0.0200. The Bertz CT molecular complexity index is 572. The fourth-order valence-corrected chi connectivity index (χ4v) is 4.03. The third-order valence-electron chi connectivity index (χ3n) is 2.97. The molecule has 0 radical (unpaired) electrons. The summed E-state index contributed by atoms with van der Waals surface area (Å²) in [6.07, 6.45) is 4.97. The molecular weight excluding hydrogens is 486 g/mol. The molecule has 8 heteroatoms. The van der Waals surface area contributed by atoms with E-state index < -0.39 is 11.0 Å². The van der Waals surface area contributed by atoms with Gasteiger partial charge in [-0.15, -0.1) is 11.3 Å². The van der Waals surface area contributed by atoms with Crippen LogP contribution in [-0.2, 0) is 11.0 Å². The number of thiazole rings is 1. The molecule has 1 aromatic rings. The number of allylic oxidation sites excluding steroid dienone is 3. The number of nitrogens with two attached hydrogens (primary N) is 1. The molecule has 144 valence electrons. The van der Waals surface area contributed by atoms with E-state index in [1.807, 2.05) is 39.2 Å². The van der Waals surface area contributed by atoms with Gasteiger partial charge < -0.3 is 5.73 Å². The van der Waals surface area contributed by atoms with E-state index in [2.05, 4.69) is 48.1 Å². The number of alkyl halides is 1. The highest BCUT2D eigenvalue weighted by Gasteiger charge is 2.29. The number of hydrogen-bond donors (Lipinski definition) is 2. The molecule has 0 aromatic carbocycles. The fraction of sp³-hybridized carbons (Fsp3) is 0.588. The van der Waals surface area contributed by atoms with Crippen LogP contribution in [0.5, 0.6) is 0 Å². The number of nitrogens with one attached hydrogen (secondary N) is 1. The van der Waals surface area contributed by atoms with Gasteiger partial charge in [0.15, 0.2) is 5.13 Å². The molecule has 1 aliphatic carbocycles. The van der Waals surface area contributed by atoms with E-state index in [9.17, 15) is 4.21 Å². The molecule has 1 heterocycles. The molecule has 1 fully saturated rings. The maximum absolute atomic E-state index is 11.6. The van der Waals surface area contributed by atoms with Crippen molar-refractivity contribution in [2.24, 2.45) is 5.73 Å². The van der Waals surface area contributed by atoms with Gasteiger partial charge in [0.25, 0.3) is 0 Å². The fourth-order valence-electron chi connectivity index (χ4n) is 1.47. The van der Waals surface area contributed by atoms with E-state index in [-0.39, 0.29) is 6.04 Å². The summed E-state index contributed by atoms with van der Waals surface area (Å²) in [6, 6.07) is -0.00818. The van der Waals surface area contributed by atoms with E-state index in [1.165, 1.54) is 16.9 Å². The van der Waals surface area contributed by atoms with Crippen LogP contribution in [0, 0.1) is 0 Å². The zero-order valence-electron chi connectivity index (χ0n) is 15.4. The first kappa shape index (κ1) is 25.0. The summed E-state index contributed by atoms with van der Waals surface area (Å²) in [5, 5.41) is 3.90. The van der Waals surface area contributed by atoms with E-state index in [0.717, 1.165) is 39.9 Å². The largest absolute Gasteiger partial charge is 0.323 e. The van der Waals surface area contributed by atoms with Gasteiger partial charge in [0.05, 0.1) is 10.9 Å². The molecule has 1 aliphatic rings. The number of hydrogen-bond acceptors (Lipinski definition) is 4. The van der Waals surface area contributed by atoms with Gasteiger partial charge in [-0.05, 0) is 32.3 Å². The summed E-state index contributed by atoms with van der Waals surface area (Å²) in [5.74, 6) is 0. The normalized spacial score (nSPS) is 15.9. The number of rotatable bonds is 7. The summed E-state index contributed by atoms with van der Waals surface area (Å²) in [4.78, 5) is 4.32. The summed E-state index contributed by atoms with van der Waals surface area (Å²) < 4.78 is 15.4. The maximum Gasteiger partial charge on any atom is 0.194 e. The Balaban J connectivity index is 0.000000493. The Kier molecular flexibility index (Phi) is 14.1. The maximum atomic E-state index is 11.6. The second-order valence-corrected chi connectivity index (χ2v) is 9.17. The van der Waals surface area contributed by atoms with E-state index >= 15 is 0 Å². The third kappa shape index (κ3) is 11.3. The molecule has 3 N–H and O–H groups in total. The minimum absolute atomic E-state index is 0.00818. The summed E-state index contributed by atoms with van der Waals surface area (Å²) >= 11 is 8.01. The van der Waals surface area contributed by atoms with Crippen molar-refractivity contribution in [3.05, 3.63) is 33.8 Å². The molecule has 2 rings (SSSR count). The molecule has 0 saturated heterocycles. The van der Waals surface area contributed by atoms with Crippen LogP contribution >= 0.6 is 43.2 Å². The lowest BCUT2D eigenvalue weighted by molar-refractivity contribution is 0.680. The lowest BCUT2D eigenvalue weighted by atomic mass is 10.2. The van der Waals surface area contributed by atoms with Crippen LogP contribution in [0.1, 0.15) is 58.7 Å². The molecule has 0 spiro atoms. The molecule has 0 bridgehead atoms. The van der Waals surface area contributed by atoms with Crippen LogP contribution in [-0.4, -0.2) is 19.8 Å². The molecular formula is C17H29Br2N3OS2. The Morgan fingerprint density at radius 3 is 2.60 bits per heavy atom. The van der Waals surface area contributed by atoms with Crippen molar-refractivity contribution < 1.29 is 4.21 Å². The second-order valence-electron chi connectivity index (χ2n) is 5.26. The third-order valence-corrected chi connectivity index (χ3v) is 6.46. The van der Waals surface area contributed by atoms with Crippen LogP contribution in [0.4, 0.5) is 5.13 Å². The highest BCUT2D eigenvalue weighted by atomic mass is 79.9. The van der Waals surface area contributed by atoms with Crippen LogP contribution in [0.15, 0.2) is 28.1 Å². The van der Waals surface area contributed by atoms with Crippen molar-refractivity contribution in [3.63, 3.8) is 0 Å². The van der Waals surface area contributed by atoms with Gasteiger partial charge in [0.1, 0.15) is 11.0 Å². The smallest absolute Gasteiger partial charge is 0.194 e. The number of halogens is 2. The number of nitrogens with zero attached hydrogens (tertiary/aromatic N) is 1. The predicted molar refractivity (Wildman–Crippen MR) is 121 cm³/mol. The van der Waals surface area contributed by atoms with Crippen LogP contribution in [0.2, 0.25) is 0 Å². The van der Waals surface area contributed by atoms with Crippen LogP contribution < -0.4 is 10.5 Å². The lowest BCUT2D eigenvalue weighted by Crippen LogP contribution is -2.11. The quantitative estimate of drug-likeness (QED) is 0.343. The molecule has 2 atom stereocenters. The average molecular weight is 515 g/mol. The predicted octanol–water partition coefficient (Wildman–Crippen LogP) is 6.05. The SMILES string of the molecule is C=C(Br)/C=C(\C)CBr.CC.CCC(N)c1csc(NS(=O)C2CC2)n1. The van der Waals surface area contributed by atoms with Crippen molar-refractivity contribution in [2.45, 2.75) is 58.2 Å². The van der Waals surface area contributed by atoms with E-state index in [1.54, 1.807) is 0 Å². The van der Waals surface area contributed by atoms with Gasteiger partial charge in [-0.2, -0.15) is 0 Å². The van der Waals surface area contributed by atoms with E-state index in [4.69, 9.17) is 5.73 Å². The summed E-state index contributed by atoms with van der Waals surface area (Å²) in [7, 11) is -0.956. The lowest BCUT2D eigenvalue weighted by Gasteiger charge is -2.03. The number of anilines is 1. The first-order valence-corrected chi connectivity index (χ1v) is 12.3. The molecule has 1 saturated carbocycles. The zero-order chi connectivity index (χ0) is 19.4. The average Bonchev–Trinajstić information content (AvgIpc) is 3.36. The van der Waals surface area contributed by atoms with Crippen molar-refractivity contribution in [1.82, 2.24) is 4.98 Å². The monoisotopic (exact) mass is 513 g/mol. The highest BCUT2D eigenvalue weighted by Crippen LogP contribution is 2.28. The minimum Gasteiger partial charge on any atom is -0.323 e. The standard InChI is InChI=1S/C9H15N3OS2.C6H8Br2.C2H6/c1-2-7(10)8-5-14-9(11-8)12-15(13)6-3-4-6;1-5(4-7)3-6(2)8;1-2/h5-7H,2-4,10H2,1H3,(H,11,12);3H,2,4H2,1H3;1-2H3/b;5-3+;. The minimum atomic E-state index is -0.956. The van der Waals surface area contributed by atoms with Crippen molar-refractivity contribution >= 4 is 59.3 Å². The van der Waals surface area contributed by atoms with Gasteiger partial charge in [-0.3, -0.25) is 4.72 Å². The first-order chi connectivity index (χ1) is 11.9. The molecule has 1 aromatic heterocycles. The Morgan fingerprint density at radius 1 is 1.60 bits per heavy atom. The zero-order valence-corrected chi connectivity index (χ0v) is 20.2. The van der Waals surface area contributed by atoms with Gasteiger partial charge in [-0.1, -0.05) is 64.8 Å². The number of aromatic nitrogens is 1. The van der Waals surface area contributed by atoms with Gasteiger partial charge in [-0.25, -0.2) is 9.19 Å². The molecule has 0 amide bonds. The van der Waals surface area contributed by atoms with Gasteiger partial charge >= 0.3 is 0 Å². The van der Waals surface area contributed by atoms with E-state index in [0.29, 0.717) is 5.25 Å². The molecule has 4 nitrogen and oxygen atoms in total. The summed E-state index contributed by atoms with van der Waals surface area (Å²) in [6.45, 7) is 11.7. The van der Waals surface area contributed by atoms with Crippen LogP contribution in [0.25, 0.3) is 0 Å². The van der Waals surface area contributed by atoms with Crippen molar-refractivity contribution in [1.29, 1.82) is 0 Å². The van der Waals surface area contributed by atoms with Crippen molar-refractivity contribution in [3.8, 4) is 0 Å². The topological polar surface area (TPSA) is 68.0 Å². The summed E-state index contributed by atoms with van der Waals surface area (Å²) in [5.41, 5.74) is 8.01. The highest BCUT2D eigenvalue weighted by molar-refractivity contribution is 9.11. The molecule has 2 unspecified atom stereocenters. The Morgan fingerprint density at radius 2 is 2.20 bits per heavy atom. The van der Waals surface area contributed by atoms with Crippen molar-refractivity contribution in [2.75, 3.05) is 10.1 Å². The second kappa shape index (κ2) is 14.1.